The molecule has 0 bridgehead atoms. The molecular weight excluding hydrogens is 406 g/mol. The van der Waals surface area contributed by atoms with E-state index in [1.165, 1.54) is 6.08 Å². The highest BCUT2D eigenvalue weighted by molar-refractivity contribution is 7.95. The summed E-state index contributed by atoms with van der Waals surface area (Å²) in [5, 5.41) is 0. The lowest BCUT2D eigenvalue weighted by molar-refractivity contribution is 0.422. The number of rotatable bonds is 4. The fourth-order valence-corrected chi connectivity index (χ4v) is 4.31. The average molecular weight is 433 g/mol. The lowest BCUT2D eigenvalue weighted by atomic mass is 10.0. The standard InChI is InChI=1S/C14H18O3S.C10H8F2/c15-18(16,17)14(13-10-6-3-7-11-13)12-8-4-1-2-5-9-12;11-10(12)8-4-7-9-5-2-1-3-6-9/h3,6-7,10-11H,1-2,4-5,8-9H2,(H,15,16,17);1-8H. The molecule has 1 aliphatic rings. The molecule has 3 nitrogen and oxygen atoms in total. The second-order valence-electron chi connectivity index (χ2n) is 6.91. The SMILES string of the molecule is FC(F)=CC=Cc1ccccc1.O=S(=O)(O)C(=C1CCCCCC1)c1ccccc1. The lowest BCUT2D eigenvalue weighted by Crippen LogP contribution is -2.05. The Morgan fingerprint density at radius 1 is 0.833 bits per heavy atom. The van der Waals surface area contributed by atoms with E-state index in [1.807, 2.05) is 36.4 Å². The predicted octanol–water partition coefficient (Wildman–Crippen LogP) is 7.12. The third kappa shape index (κ3) is 8.43. The molecule has 1 aliphatic carbocycles. The largest absolute Gasteiger partial charge is 0.295 e. The van der Waals surface area contributed by atoms with Crippen molar-refractivity contribution in [3.8, 4) is 0 Å². The maximum atomic E-state index is 11.6. The van der Waals surface area contributed by atoms with Crippen molar-refractivity contribution >= 4 is 21.1 Å². The van der Waals surface area contributed by atoms with Crippen molar-refractivity contribution in [1.82, 2.24) is 0 Å². The van der Waals surface area contributed by atoms with Crippen molar-refractivity contribution in [1.29, 1.82) is 0 Å². The van der Waals surface area contributed by atoms with Gasteiger partial charge in [0.05, 0.1) is 0 Å². The molecule has 0 heterocycles. The van der Waals surface area contributed by atoms with E-state index in [4.69, 9.17) is 0 Å². The first-order chi connectivity index (χ1) is 14.4. The monoisotopic (exact) mass is 432 g/mol. The van der Waals surface area contributed by atoms with Gasteiger partial charge in [0.15, 0.2) is 0 Å². The molecule has 1 saturated carbocycles. The van der Waals surface area contributed by atoms with Crippen LogP contribution in [0.25, 0.3) is 11.0 Å². The van der Waals surface area contributed by atoms with Crippen molar-refractivity contribution in [3.63, 3.8) is 0 Å². The highest BCUT2D eigenvalue weighted by Crippen LogP contribution is 2.32. The second-order valence-corrected chi connectivity index (χ2v) is 8.27. The van der Waals surface area contributed by atoms with E-state index in [-0.39, 0.29) is 4.91 Å². The van der Waals surface area contributed by atoms with Crippen molar-refractivity contribution < 1.29 is 21.8 Å². The van der Waals surface area contributed by atoms with Gasteiger partial charge in [-0.1, -0.05) is 85.7 Å². The Kier molecular flexibility index (Phi) is 9.64. The summed E-state index contributed by atoms with van der Waals surface area (Å²) in [4.78, 5) is 0.130. The van der Waals surface area contributed by atoms with Crippen molar-refractivity contribution in [3.05, 3.63) is 95.6 Å². The number of halogens is 2. The van der Waals surface area contributed by atoms with Gasteiger partial charge >= 0.3 is 0 Å². The smallest absolute Gasteiger partial charge is 0.282 e. The summed E-state index contributed by atoms with van der Waals surface area (Å²) in [5.74, 6) is 0. The molecule has 2 aromatic carbocycles. The van der Waals surface area contributed by atoms with Crippen LogP contribution in [-0.2, 0) is 10.1 Å². The minimum atomic E-state index is -4.15. The van der Waals surface area contributed by atoms with E-state index in [1.54, 1.807) is 30.3 Å². The van der Waals surface area contributed by atoms with Crippen molar-refractivity contribution in [2.45, 2.75) is 38.5 Å². The molecule has 1 N–H and O–H groups in total. The van der Waals surface area contributed by atoms with Crippen molar-refractivity contribution in [2.75, 3.05) is 0 Å². The van der Waals surface area contributed by atoms with Crippen LogP contribution in [0.4, 0.5) is 8.78 Å². The van der Waals surface area contributed by atoms with Gasteiger partial charge in [0.2, 0.25) is 0 Å². The van der Waals surface area contributed by atoms with Crippen molar-refractivity contribution in [2.24, 2.45) is 0 Å². The zero-order valence-corrected chi connectivity index (χ0v) is 17.5. The molecule has 2 aromatic rings. The van der Waals surface area contributed by atoms with E-state index < -0.39 is 16.2 Å². The van der Waals surface area contributed by atoms with Gasteiger partial charge in [-0.2, -0.15) is 17.2 Å². The Morgan fingerprint density at radius 3 is 1.87 bits per heavy atom. The first kappa shape index (κ1) is 23.7. The van der Waals surface area contributed by atoms with E-state index in [0.717, 1.165) is 55.7 Å². The highest BCUT2D eigenvalue weighted by Gasteiger charge is 2.22. The second kappa shape index (κ2) is 12.2. The molecule has 0 atom stereocenters. The molecule has 6 heteroatoms. The Hall–Kier alpha value is -2.57. The summed E-state index contributed by atoms with van der Waals surface area (Å²) in [6, 6.07) is 18.2. The number of allylic oxidation sites excluding steroid dienone is 3. The van der Waals surface area contributed by atoms with Crippen LogP contribution in [0.3, 0.4) is 0 Å². The summed E-state index contributed by atoms with van der Waals surface area (Å²) in [6.07, 6.45) is 7.85. The van der Waals surface area contributed by atoms with Gasteiger partial charge in [-0.15, -0.1) is 0 Å². The topological polar surface area (TPSA) is 54.4 Å². The summed E-state index contributed by atoms with van der Waals surface area (Å²) in [6.45, 7) is 0. The first-order valence-corrected chi connectivity index (χ1v) is 11.3. The van der Waals surface area contributed by atoms with Crippen LogP contribution < -0.4 is 0 Å². The fourth-order valence-electron chi connectivity index (χ4n) is 3.30. The molecule has 0 unspecified atom stereocenters. The number of hydrogen-bond donors (Lipinski definition) is 1. The minimum absolute atomic E-state index is 0.130. The quantitative estimate of drug-likeness (QED) is 0.318. The Morgan fingerprint density at radius 2 is 1.37 bits per heavy atom. The van der Waals surface area contributed by atoms with Crippen LogP contribution in [0.1, 0.15) is 49.7 Å². The summed E-state index contributed by atoms with van der Waals surface area (Å²) >= 11 is 0. The molecule has 0 spiro atoms. The van der Waals surface area contributed by atoms with Gasteiger partial charge in [-0.3, -0.25) is 4.55 Å². The maximum absolute atomic E-state index is 11.6. The molecule has 3 rings (SSSR count). The van der Waals surface area contributed by atoms with E-state index in [2.05, 4.69) is 0 Å². The predicted molar refractivity (Wildman–Crippen MR) is 118 cm³/mol. The van der Waals surface area contributed by atoms with Crippen LogP contribution in [0.2, 0.25) is 0 Å². The molecule has 0 aliphatic heterocycles. The van der Waals surface area contributed by atoms with Crippen LogP contribution in [-0.4, -0.2) is 13.0 Å². The van der Waals surface area contributed by atoms with E-state index in [0.29, 0.717) is 5.56 Å². The van der Waals surface area contributed by atoms with Gasteiger partial charge in [-0.05, 0) is 42.4 Å². The van der Waals surface area contributed by atoms with Gasteiger partial charge in [0.1, 0.15) is 4.91 Å². The summed E-state index contributed by atoms with van der Waals surface area (Å²) in [7, 11) is -4.15. The minimum Gasteiger partial charge on any atom is -0.282 e. The van der Waals surface area contributed by atoms with Gasteiger partial charge < -0.3 is 0 Å². The van der Waals surface area contributed by atoms with Crippen LogP contribution in [0, 0.1) is 0 Å². The molecule has 1 fully saturated rings. The van der Waals surface area contributed by atoms with Gasteiger partial charge in [0, 0.05) is 6.08 Å². The molecule has 0 saturated heterocycles. The molecule has 0 aromatic heterocycles. The summed E-state index contributed by atoms with van der Waals surface area (Å²) in [5.41, 5.74) is 2.38. The third-order valence-corrected chi connectivity index (χ3v) is 5.67. The third-order valence-electron chi connectivity index (χ3n) is 4.63. The molecular formula is C24H26F2O3S. The molecule has 160 valence electrons. The van der Waals surface area contributed by atoms with Gasteiger partial charge in [0.25, 0.3) is 16.2 Å². The molecule has 30 heavy (non-hydrogen) atoms. The Labute approximate surface area is 177 Å². The normalized spacial score (nSPS) is 14.4. The van der Waals surface area contributed by atoms with E-state index >= 15 is 0 Å². The van der Waals surface area contributed by atoms with Crippen LogP contribution in [0.15, 0.2) is 84.5 Å². The summed E-state index contributed by atoms with van der Waals surface area (Å²) < 4.78 is 55.9. The average Bonchev–Trinajstić information content (AvgIpc) is 2.98. The van der Waals surface area contributed by atoms with Crippen LogP contribution in [0.5, 0.6) is 0 Å². The number of benzene rings is 2. The number of hydrogen-bond acceptors (Lipinski definition) is 2. The maximum Gasteiger partial charge on any atom is 0.295 e. The zero-order valence-electron chi connectivity index (χ0n) is 16.7. The molecule has 0 radical (unpaired) electrons. The van der Waals surface area contributed by atoms with E-state index in [9.17, 15) is 21.8 Å². The highest BCUT2D eigenvalue weighted by atomic mass is 32.2. The van der Waals surface area contributed by atoms with Gasteiger partial charge in [-0.25, -0.2) is 0 Å². The first-order valence-electron chi connectivity index (χ1n) is 9.87. The van der Waals surface area contributed by atoms with Crippen LogP contribution >= 0.6 is 0 Å². The Balaban J connectivity index is 0.000000232. The zero-order chi connectivity index (χ0) is 21.8. The molecule has 0 amide bonds. The lowest BCUT2D eigenvalue weighted by Gasteiger charge is -2.11. The fraction of sp³-hybridized carbons (Fsp3) is 0.250. The Bertz CT molecular complexity index is 966.